The second-order valence-corrected chi connectivity index (χ2v) is 7.46. The lowest BCUT2D eigenvalue weighted by atomic mass is 10.0. The lowest BCUT2D eigenvalue weighted by Gasteiger charge is -2.22. The molecule has 2 N–H and O–H groups in total. The Morgan fingerprint density at radius 1 is 1.03 bits per heavy atom. The van der Waals surface area contributed by atoms with Gasteiger partial charge in [0, 0.05) is 6.04 Å². The molecule has 168 valence electrons. The lowest BCUT2D eigenvalue weighted by Crippen LogP contribution is -2.42. The van der Waals surface area contributed by atoms with Crippen molar-refractivity contribution < 1.29 is 28.9 Å². The molecule has 1 atom stereocenters. The minimum absolute atomic E-state index is 0.0594. The van der Waals surface area contributed by atoms with Crippen LogP contribution in [0.5, 0.6) is 11.5 Å². The average molecular weight is 430 g/mol. The Kier molecular flexibility index (Phi) is 9.84. The van der Waals surface area contributed by atoms with Crippen molar-refractivity contribution >= 4 is 11.9 Å². The normalized spacial score (nSPS) is 11.7. The number of ether oxygens (including phenoxy) is 3. The van der Waals surface area contributed by atoms with E-state index in [2.05, 4.69) is 11.4 Å². The fraction of sp³-hybridized carbons (Fsp3) is 0.417. The molecule has 7 heteroatoms. The van der Waals surface area contributed by atoms with Crippen LogP contribution in [0.15, 0.2) is 48.5 Å². The summed E-state index contributed by atoms with van der Waals surface area (Å²) in [7, 11) is 1.65. The first kappa shape index (κ1) is 24.2. The second-order valence-electron chi connectivity index (χ2n) is 7.46. The van der Waals surface area contributed by atoms with Gasteiger partial charge in [-0.05, 0) is 56.0 Å². The van der Waals surface area contributed by atoms with Crippen LogP contribution in [0.4, 0.5) is 0 Å². The van der Waals surface area contributed by atoms with Gasteiger partial charge in [0.1, 0.15) is 18.1 Å². The van der Waals surface area contributed by atoms with Crippen LogP contribution in [0.25, 0.3) is 0 Å². The Labute approximate surface area is 183 Å². The van der Waals surface area contributed by atoms with E-state index in [0.29, 0.717) is 0 Å². The number of carbonyl (C=O) groups excluding carboxylic acids is 1. The Morgan fingerprint density at radius 3 is 2.52 bits per heavy atom. The summed E-state index contributed by atoms with van der Waals surface area (Å²) in [6.07, 6.45) is 0.497. The number of carboxylic acids is 1. The van der Waals surface area contributed by atoms with Crippen LogP contribution in [0.1, 0.15) is 37.8 Å². The summed E-state index contributed by atoms with van der Waals surface area (Å²) in [5, 5.41) is 11.9. The van der Waals surface area contributed by atoms with Gasteiger partial charge in [-0.15, -0.1) is 0 Å². The monoisotopic (exact) mass is 429 g/mol. The predicted octanol–water partition coefficient (Wildman–Crippen LogP) is 3.59. The Morgan fingerprint density at radius 2 is 1.81 bits per heavy atom. The summed E-state index contributed by atoms with van der Waals surface area (Å²) >= 11 is 0. The molecule has 0 spiro atoms. The summed E-state index contributed by atoms with van der Waals surface area (Å²) in [6, 6.07) is 15.8. The molecule has 1 unspecified atom stereocenters. The van der Waals surface area contributed by atoms with Gasteiger partial charge in [0.15, 0.2) is 6.23 Å². The number of hydrogen-bond donors (Lipinski definition) is 2. The predicted molar refractivity (Wildman–Crippen MR) is 117 cm³/mol. The molecular formula is C24H31NO6. The van der Waals surface area contributed by atoms with Crippen molar-refractivity contribution in [2.75, 3.05) is 13.7 Å². The van der Waals surface area contributed by atoms with Gasteiger partial charge in [-0.25, -0.2) is 0 Å². The number of aliphatic carboxylic acids is 1. The molecule has 0 radical (unpaired) electrons. The van der Waals surface area contributed by atoms with Gasteiger partial charge < -0.3 is 19.3 Å². The molecule has 0 aliphatic carbocycles. The zero-order valence-electron chi connectivity index (χ0n) is 18.3. The first-order valence-corrected chi connectivity index (χ1v) is 10.4. The summed E-state index contributed by atoms with van der Waals surface area (Å²) in [4.78, 5) is 22.6. The van der Waals surface area contributed by atoms with Gasteiger partial charge in [0.2, 0.25) is 0 Å². The Bertz CT molecular complexity index is 851. The van der Waals surface area contributed by atoms with Crippen LogP contribution in [-0.4, -0.2) is 43.0 Å². The second kappa shape index (κ2) is 12.6. The summed E-state index contributed by atoms with van der Waals surface area (Å²) in [5.41, 5.74) is 2.21. The standard InChI is InChI=1S/C24H31NO6/c1-17(2)25-22(31-24(28)14-13-23(26)27)16-30-21-10-5-4-8-19(21)12-11-18-7-6-9-20(15-18)29-3/h4-10,15,17,22,25H,11-14,16H2,1-3H3,(H,26,27). The van der Waals surface area contributed by atoms with Crippen molar-refractivity contribution in [3.63, 3.8) is 0 Å². The zero-order valence-corrected chi connectivity index (χ0v) is 18.3. The number of hydrogen-bond acceptors (Lipinski definition) is 6. The van der Waals surface area contributed by atoms with Crippen molar-refractivity contribution in [1.82, 2.24) is 5.32 Å². The van der Waals surface area contributed by atoms with Crippen molar-refractivity contribution in [2.24, 2.45) is 0 Å². The van der Waals surface area contributed by atoms with Crippen LogP contribution in [0.3, 0.4) is 0 Å². The number of esters is 1. The molecule has 2 aromatic carbocycles. The molecule has 0 amide bonds. The van der Waals surface area contributed by atoms with Crippen LogP contribution < -0.4 is 14.8 Å². The molecule has 7 nitrogen and oxygen atoms in total. The van der Waals surface area contributed by atoms with Gasteiger partial charge >= 0.3 is 11.9 Å². The number of nitrogens with one attached hydrogen (secondary N) is 1. The van der Waals surface area contributed by atoms with Crippen LogP contribution in [0, 0.1) is 0 Å². The van der Waals surface area contributed by atoms with Crippen molar-refractivity contribution in [2.45, 2.75) is 51.8 Å². The molecule has 0 saturated carbocycles. The van der Waals surface area contributed by atoms with E-state index in [1.165, 1.54) is 5.56 Å². The van der Waals surface area contributed by atoms with Gasteiger partial charge in [-0.1, -0.05) is 30.3 Å². The first-order valence-electron chi connectivity index (χ1n) is 10.4. The van der Waals surface area contributed by atoms with E-state index in [1.807, 2.05) is 56.3 Å². The third kappa shape index (κ3) is 9.09. The highest BCUT2D eigenvalue weighted by Crippen LogP contribution is 2.22. The number of carbonyl (C=O) groups is 2. The number of para-hydroxylation sites is 1. The maximum Gasteiger partial charge on any atom is 0.308 e. The van der Waals surface area contributed by atoms with E-state index in [-0.39, 0.29) is 25.5 Å². The lowest BCUT2D eigenvalue weighted by molar-refractivity contribution is -0.155. The fourth-order valence-corrected chi connectivity index (χ4v) is 3.04. The quantitative estimate of drug-likeness (QED) is 0.371. The van der Waals surface area contributed by atoms with E-state index >= 15 is 0 Å². The summed E-state index contributed by atoms with van der Waals surface area (Å²) in [5.74, 6) is -0.0566. The molecule has 0 saturated heterocycles. The highest BCUT2D eigenvalue weighted by Gasteiger charge is 2.18. The van der Waals surface area contributed by atoms with E-state index < -0.39 is 18.2 Å². The van der Waals surface area contributed by atoms with E-state index in [4.69, 9.17) is 19.3 Å². The maximum absolute atomic E-state index is 11.9. The fourth-order valence-electron chi connectivity index (χ4n) is 3.04. The minimum atomic E-state index is -1.04. The number of carboxylic acid groups (broad SMARTS) is 1. The minimum Gasteiger partial charge on any atom is -0.497 e. The average Bonchev–Trinajstić information content (AvgIpc) is 2.75. The van der Waals surface area contributed by atoms with Gasteiger partial charge in [-0.3, -0.25) is 14.9 Å². The number of methoxy groups -OCH3 is 1. The molecule has 0 aliphatic rings. The third-order valence-corrected chi connectivity index (χ3v) is 4.52. The smallest absolute Gasteiger partial charge is 0.308 e. The Hall–Kier alpha value is -3.06. The van der Waals surface area contributed by atoms with E-state index in [9.17, 15) is 9.59 Å². The molecule has 0 fully saturated rings. The molecule has 0 aromatic heterocycles. The van der Waals surface area contributed by atoms with Crippen molar-refractivity contribution in [1.29, 1.82) is 0 Å². The van der Waals surface area contributed by atoms with E-state index in [1.54, 1.807) is 7.11 Å². The van der Waals surface area contributed by atoms with Crippen molar-refractivity contribution in [3.8, 4) is 11.5 Å². The van der Waals surface area contributed by atoms with Crippen LogP contribution in [0.2, 0.25) is 0 Å². The third-order valence-electron chi connectivity index (χ3n) is 4.52. The highest BCUT2D eigenvalue weighted by molar-refractivity contribution is 5.76. The maximum atomic E-state index is 11.9. The zero-order chi connectivity index (χ0) is 22.6. The van der Waals surface area contributed by atoms with Gasteiger partial charge in [0.25, 0.3) is 0 Å². The number of aryl methyl sites for hydroxylation is 2. The molecule has 2 rings (SSSR count). The Balaban J connectivity index is 1.98. The summed E-state index contributed by atoms with van der Waals surface area (Å²) in [6.45, 7) is 3.98. The molecule has 0 bridgehead atoms. The number of benzene rings is 2. The van der Waals surface area contributed by atoms with Crippen LogP contribution >= 0.6 is 0 Å². The topological polar surface area (TPSA) is 94.1 Å². The van der Waals surface area contributed by atoms with Gasteiger partial charge in [0.05, 0.1) is 20.0 Å². The largest absolute Gasteiger partial charge is 0.497 e. The van der Waals surface area contributed by atoms with Crippen molar-refractivity contribution in [3.05, 3.63) is 59.7 Å². The molecule has 0 heterocycles. The highest BCUT2D eigenvalue weighted by atomic mass is 16.6. The van der Waals surface area contributed by atoms with Crippen LogP contribution in [-0.2, 0) is 27.2 Å². The molecular weight excluding hydrogens is 398 g/mol. The number of rotatable bonds is 13. The summed E-state index contributed by atoms with van der Waals surface area (Å²) < 4.78 is 16.6. The SMILES string of the molecule is COc1cccc(CCc2ccccc2OCC(NC(C)C)OC(=O)CCC(=O)O)c1. The molecule has 2 aromatic rings. The first-order chi connectivity index (χ1) is 14.9. The van der Waals surface area contributed by atoms with Gasteiger partial charge in [-0.2, -0.15) is 0 Å². The molecule has 0 aliphatic heterocycles. The van der Waals surface area contributed by atoms with E-state index in [0.717, 1.165) is 29.9 Å². The molecule has 31 heavy (non-hydrogen) atoms.